The maximum absolute atomic E-state index is 11.4. The standard InChI is InChI=1S/C11H17N3O2/c1-7(2)9-6-10(14-13-9)12-11(16)5-4-8(3)15/h6-7H,4-5H2,1-3H3,(H2,12,13,14,16). The molecule has 1 heterocycles. The number of anilines is 1. The van der Waals surface area contributed by atoms with Crippen molar-refractivity contribution in [1.82, 2.24) is 10.2 Å². The van der Waals surface area contributed by atoms with Gasteiger partial charge in [-0.15, -0.1) is 0 Å². The molecule has 1 aromatic heterocycles. The Morgan fingerprint density at radius 1 is 1.44 bits per heavy atom. The van der Waals surface area contributed by atoms with Crippen molar-refractivity contribution < 1.29 is 9.59 Å². The van der Waals surface area contributed by atoms with E-state index in [-0.39, 0.29) is 24.5 Å². The minimum Gasteiger partial charge on any atom is -0.309 e. The van der Waals surface area contributed by atoms with E-state index in [1.54, 1.807) is 6.07 Å². The highest BCUT2D eigenvalue weighted by molar-refractivity contribution is 5.92. The van der Waals surface area contributed by atoms with Crippen molar-refractivity contribution >= 4 is 17.5 Å². The quantitative estimate of drug-likeness (QED) is 0.799. The molecule has 5 heteroatoms. The summed E-state index contributed by atoms with van der Waals surface area (Å²) < 4.78 is 0. The van der Waals surface area contributed by atoms with Gasteiger partial charge < -0.3 is 10.1 Å². The molecule has 0 aliphatic rings. The van der Waals surface area contributed by atoms with Crippen LogP contribution in [0.4, 0.5) is 5.82 Å². The van der Waals surface area contributed by atoms with Crippen LogP contribution in [0.1, 0.15) is 45.2 Å². The molecule has 0 unspecified atom stereocenters. The average Bonchev–Trinajstić information content (AvgIpc) is 2.63. The van der Waals surface area contributed by atoms with E-state index >= 15 is 0 Å². The van der Waals surface area contributed by atoms with Gasteiger partial charge in [-0.1, -0.05) is 13.8 Å². The van der Waals surface area contributed by atoms with Crippen LogP contribution in [0.2, 0.25) is 0 Å². The van der Waals surface area contributed by atoms with Crippen molar-refractivity contribution in [2.45, 2.75) is 39.5 Å². The summed E-state index contributed by atoms with van der Waals surface area (Å²) >= 11 is 0. The highest BCUT2D eigenvalue weighted by Gasteiger charge is 2.08. The Bertz CT molecular complexity index is 382. The van der Waals surface area contributed by atoms with Gasteiger partial charge in [-0.05, 0) is 12.8 Å². The molecule has 16 heavy (non-hydrogen) atoms. The lowest BCUT2D eigenvalue weighted by Gasteiger charge is -1.99. The summed E-state index contributed by atoms with van der Waals surface area (Å²) in [6, 6.07) is 1.80. The fraction of sp³-hybridized carbons (Fsp3) is 0.545. The number of hydrogen-bond donors (Lipinski definition) is 2. The number of aromatic amines is 1. The molecule has 88 valence electrons. The summed E-state index contributed by atoms with van der Waals surface area (Å²) in [5.41, 5.74) is 0.974. The van der Waals surface area contributed by atoms with E-state index in [2.05, 4.69) is 15.5 Å². The molecule has 1 amide bonds. The molecule has 0 aliphatic carbocycles. The van der Waals surface area contributed by atoms with Crippen LogP contribution in [-0.4, -0.2) is 21.9 Å². The summed E-state index contributed by atoms with van der Waals surface area (Å²) in [6.07, 6.45) is 0.479. The normalized spacial score (nSPS) is 10.5. The second-order valence-electron chi connectivity index (χ2n) is 4.11. The molecule has 0 spiro atoms. The van der Waals surface area contributed by atoms with Gasteiger partial charge >= 0.3 is 0 Å². The van der Waals surface area contributed by atoms with Crippen molar-refractivity contribution in [3.8, 4) is 0 Å². The van der Waals surface area contributed by atoms with Gasteiger partial charge in [0.2, 0.25) is 5.91 Å². The molecule has 1 rings (SSSR count). The number of aromatic nitrogens is 2. The SMILES string of the molecule is CC(=O)CCC(=O)Nc1cc(C(C)C)[nH]n1. The van der Waals surface area contributed by atoms with Crippen LogP contribution in [0.15, 0.2) is 6.07 Å². The number of carbonyl (C=O) groups is 2. The van der Waals surface area contributed by atoms with E-state index in [4.69, 9.17) is 0 Å². The molecule has 1 aromatic rings. The summed E-state index contributed by atoms with van der Waals surface area (Å²) in [5.74, 6) is 0.685. The zero-order chi connectivity index (χ0) is 12.1. The van der Waals surface area contributed by atoms with Crippen molar-refractivity contribution in [3.63, 3.8) is 0 Å². The molecule has 0 fully saturated rings. The third-order valence-electron chi connectivity index (χ3n) is 2.19. The number of ketones is 1. The van der Waals surface area contributed by atoms with Crippen molar-refractivity contribution in [2.75, 3.05) is 5.32 Å². The van der Waals surface area contributed by atoms with Crippen molar-refractivity contribution in [3.05, 3.63) is 11.8 Å². The first-order valence-electron chi connectivity index (χ1n) is 5.33. The fourth-order valence-corrected chi connectivity index (χ4v) is 1.19. The molecule has 2 N–H and O–H groups in total. The number of hydrogen-bond acceptors (Lipinski definition) is 3. The Kier molecular flexibility index (Phi) is 4.22. The number of nitrogens with zero attached hydrogens (tertiary/aromatic N) is 1. The highest BCUT2D eigenvalue weighted by atomic mass is 16.2. The number of carbonyl (C=O) groups excluding carboxylic acids is 2. The summed E-state index contributed by atoms with van der Waals surface area (Å²) in [4.78, 5) is 22.1. The van der Waals surface area contributed by atoms with Crippen LogP contribution in [0, 0.1) is 0 Å². The second-order valence-corrected chi connectivity index (χ2v) is 4.11. The Labute approximate surface area is 94.6 Å². The molecule has 0 aliphatic heterocycles. The third-order valence-corrected chi connectivity index (χ3v) is 2.19. The Morgan fingerprint density at radius 3 is 2.62 bits per heavy atom. The fourth-order valence-electron chi connectivity index (χ4n) is 1.19. The van der Waals surface area contributed by atoms with E-state index in [1.165, 1.54) is 6.92 Å². The van der Waals surface area contributed by atoms with Gasteiger partial charge in [0, 0.05) is 24.6 Å². The van der Waals surface area contributed by atoms with Crippen LogP contribution in [0.25, 0.3) is 0 Å². The minimum absolute atomic E-state index is 0.0139. The van der Waals surface area contributed by atoms with E-state index in [9.17, 15) is 9.59 Å². The van der Waals surface area contributed by atoms with Crippen LogP contribution < -0.4 is 5.32 Å². The van der Waals surface area contributed by atoms with Gasteiger partial charge in [0.25, 0.3) is 0 Å². The number of nitrogens with one attached hydrogen (secondary N) is 2. The monoisotopic (exact) mass is 223 g/mol. The predicted octanol–water partition coefficient (Wildman–Crippen LogP) is 1.84. The Balaban J connectivity index is 2.46. The van der Waals surface area contributed by atoms with E-state index in [0.717, 1.165) is 5.69 Å². The minimum atomic E-state index is -0.183. The molecule has 0 saturated heterocycles. The predicted molar refractivity (Wildman–Crippen MR) is 61.2 cm³/mol. The molecule has 0 saturated carbocycles. The maximum atomic E-state index is 11.4. The van der Waals surface area contributed by atoms with Gasteiger partial charge in [0.05, 0.1) is 0 Å². The first-order valence-corrected chi connectivity index (χ1v) is 5.33. The number of H-pyrrole nitrogens is 1. The first-order chi connectivity index (χ1) is 7.49. The van der Waals surface area contributed by atoms with E-state index in [1.807, 2.05) is 13.8 Å². The average molecular weight is 223 g/mol. The lowest BCUT2D eigenvalue weighted by molar-refractivity contribution is -0.121. The van der Waals surface area contributed by atoms with Crippen LogP contribution in [-0.2, 0) is 9.59 Å². The van der Waals surface area contributed by atoms with Gasteiger partial charge in [0.15, 0.2) is 5.82 Å². The maximum Gasteiger partial charge on any atom is 0.226 e. The van der Waals surface area contributed by atoms with Gasteiger partial charge in [-0.25, -0.2) is 0 Å². The van der Waals surface area contributed by atoms with Gasteiger partial charge in [0.1, 0.15) is 5.78 Å². The number of Topliss-reactive ketones (excluding diaryl/α,β-unsaturated/α-hetero) is 1. The highest BCUT2D eigenvalue weighted by Crippen LogP contribution is 2.14. The summed E-state index contributed by atoms with van der Waals surface area (Å²) in [7, 11) is 0. The van der Waals surface area contributed by atoms with Crippen LogP contribution >= 0.6 is 0 Å². The molecule has 5 nitrogen and oxygen atoms in total. The van der Waals surface area contributed by atoms with Gasteiger partial charge in [-0.3, -0.25) is 9.89 Å². The van der Waals surface area contributed by atoms with Crippen molar-refractivity contribution in [1.29, 1.82) is 0 Å². The first kappa shape index (κ1) is 12.4. The lowest BCUT2D eigenvalue weighted by Crippen LogP contribution is -2.12. The number of amides is 1. The van der Waals surface area contributed by atoms with E-state index in [0.29, 0.717) is 11.7 Å². The molecular weight excluding hydrogens is 206 g/mol. The zero-order valence-electron chi connectivity index (χ0n) is 9.83. The molecule has 0 radical (unpaired) electrons. The van der Waals surface area contributed by atoms with Gasteiger partial charge in [-0.2, -0.15) is 5.10 Å². The smallest absolute Gasteiger partial charge is 0.226 e. The molecule has 0 bridgehead atoms. The summed E-state index contributed by atoms with van der Waals surface area (Å²) in [5, 5.41) is 9.45. The number of rotatable bonds is 5. The van der Waals surface area contributed by atoms with Crippen molar-refractivity contribution in [2.24, 2.45) is 0 Å². The van der Waals surface area contributed by atoms with Crippen LogP contribution in [0.5, 0.6) is 0 Å². The Hall–Kier alpha value is -1.65. The van der Waals surface area contributed by atoms with E-state index < -0.39 is 0 Å². The topological polar surface area (TPSA) is 74.8 Å². The third kappa shape index (κ3) is 3.84. The molecular formula is C11H17N3O2. The molecule has 0 aromatic carbocycles. The zero-order valence-corrected chi connectivity index (χ0v) is 9.83. The largest absolute Gasteiger partial charge is 0.309 e. The summed E-state index contributed by atoms with van der Waals surface area (Å²) in [6.45, 7) is 5.54. The Morgan fingerprint density at radius 2 is 2.12 bits per heavy atom. The van der Waals surface area contributed by atoms with Crippen LogP contribution in [0.3, 0.4) is 0 Å². The second kappa shape index (κ2) is 5.44. The lowest BCUT2D eigenvalue weighted by atomic mass is 10.1. The molecule has 0 atom stereocenters.